The first-order valence-corrected chi connectivity index (χ1v) is 8.05. The van der Waals surface area contributed by atoms with Crippen LogP contribution >= 0.6 is 11.3 Å². The molecular formula is C17H18N2O2S. The van der Waals surface area contributed by atoms with Crippen molar-refractivity contribution in [2.45, 2.75) is 13.0 Å². The van der Waals surface area contributed by atoms with Gasteiger partial charge >= 0.3 is 0 Å². The van der Waals surface area contributed by atoms with Gasteiger partial charge in [0.15, 0.2) is 0 Å². The molecule has 0 saturated carbocycles. The third-order valence-corrected chi connectivity index (χ3v) is 4.24. The fourth-order valence-electron chi connectivity index (χ4n) is 2.14. The van der Waals surface area contributed by atoms with E-state index in [1.54, 1.807) is 24.7 Å². The van der Waals surface area contributed by atoms with Crippen LogP contribution in [0.15, 0.2) is 52.5 Å². The Morgan fingerprint density at radius 2 is 2.09 bits per heavy atom. The zero-order valence-corrected chi connectivity index (χ0v) is 13.2. The fourth-order valence-corrected chi connectivity index (χ4v) is 2.95. The van der Waals surface area contributed by atoms with Crippen LogP contribution in [0.25, 0.3) is 11.3 Å². The lowest BCUT2D eigenvalue weighted by Crippen LogP contribution is -2.16. The quantitative estimate of drug-likeness (QED) is 0.675. The molecule has 0 aliphatic carbocycles. The van der Waals surface area contributed by atoms with Gasteiger partial charge in [0.25, 0.3) is 0 Å². The SMILES string of the molecule is COc1ccc(-c2csc(CCNCc3ccco3)n2)cc1. The van der Waals surface area contributed by atoms with Crippen molar-refractivity contribution >= 4 is 11.3 Å². The number of methoxy groups -OCH3 is 1. The van der Waals surface area contributed by atoms with Crippen LogP contribution in [0, 0.1) is 0 Å². The maximum Gasteiger partial charge on any atom is 0.118 e. The molecular weight excluding hydrogens is 296 g/mol. The van der Waals surface area contributed by atoms with E-state index in [1.807, 2.05) is 36.4 Å². The van der Waals surface area contributed by atoms with E-state index in [4.69, 9.17) is 9.15 Å². The summed E-state index contributed by atoms with van der Waals surface area (Å²) in [5.74, 6) is 1.82. The topological polar surface area (TPSA) is 47.3 Å². The third kappa shape index (κ3) is 3.75. The molecule has 4 nitrogen and oxygen atoms in total. The van der Waals surface area contributed by atoms with Crippen molar-refractivity contribution in [2.75, 3.05) is 13.7 Å². The summed E-state index contributed by atoms with van der Waals surface area (Å²) in [5, 5.41) is 6.59. The summed E-state index contributed by atoms with van der Waals surface area (Å²) in [6.07, 6.45) is 2.61. The van der Waals surface area contributed by atoms with Gasteiger partial charge in [-0.15, -0.1) is 11.3 Å². The highest BCUT2D eigenvalue weighted by Gasteiger charge is 2.05. The van der Waals surface area contributed by atoms with Gasteiger partial charge in [-0.1, -0.05) is 0 Å². The summed E-state index contributed by atoms with van der Waals surface area (Å²) in [6, 6.07) is 11.9. The van der Waals surface area contributed by atoms with E-state index in [1.165, 1.54) is 0 Å². The van der Waals surface area contributed by atoms with Crippen LogP contribution in [0.5, 0.6) is 5.75 Å². The van der Waals surface area contributed by atoms with Crippen molar-refractivity contribution in [3.63, 3.8) is 0 Å². The second-order valence-electron chi connectivity index (χ2n) is 4.86. The monoisotopic (exact) mass is 314 g/mol. The van der Waals surface area contributed by atoms with Crippen LogP contribution in [-0.4, -0.2) is 18.6 Å². The van der Waals surface area contributed by atoms with Crippen molar-refractivity contribution in [3.05, 3.63) is 58.8 Å². The number of aromatic nitrogens is 1. The van der Waals surface area contributed by atoms with Crippen molar-refractivity contribution in [1.29, 1.82) is 0 Å². The van der Waals surface area contributed by atoms with Crippen LogP contribution in [0.4, 0.5) is 0 Å². The van der Waals surface area contributed by atoms with Crippen LogP contribution < -0.4 is 10.1 Å². The molecule has 1 N–H and O–H groups in total. The van der Waals surface area contributed by atoms with Gasteiger partial charge < -0.3 is 14.5 Å². The lowest BCUT2D eigenvalue weighted by Gasteiger charge is -2.01. The zero-order valence-electron chi connectivity index (χ0n) is 12.4. The molecule has 5 heteroatoms. The summed E-state index contributed by atoms with van der Waals surface area (Å²) in [4.78, 5) is 4.68. The molecule has 22 heavy (non-hydrogen) atoms. The van der Waals surface area contributed by atoms with Gasteiger partial charge in [-0.05, 0) is 36.4 Å². The molecule has 0 fully saturated rings. The van der Waals surface area contributed by atoms with Gasteiger partial charge in [0.05, 0.1) is 30.6 Å². The summed E-state index contributed by atoms with van der Waals surface area (Å²) in [6.45, 7) is 1.64. The molecule has 2 aromatic heterocycles. The summed E-state index contributed by atoms with van der Waals surface area (Å²) in [5.41, 5.74) is 2.14. The number of nitrogens with zero attached hydrogens (tertiary/aromatic N) is 1. The van der Waals surface area contributed by atoms with Gasteiger partial charge in [0.2, 0.25) is 0 Å². The molecule has 0 aliphatic heterocycles. The minimum atomic E-state index is 0.754. The predicted octanol–water partition coefficient (Wildman–Crippen LogP) is 3.74. The number of benzene rings is 1. The van der Waals surface area contributed by atoms with Crippen molar-refractivity contribution in [2.24, 2.45) is 0 Å². The number of furan rings is 1. The molecule has 0 saturated heterocycles. The molecule has 0 bridgehead atoms. The van der Waals surface area contributed by atoms with Gasteiger partial charge in [0.1, 0.15) is 11.5 Å². The van der Waals surface area contributed by atoms with Crippen molar-refractivity contribution in [3.8, 4) is 17.0 Å². The molecule has 0 radical (unpaired) electrons. The number of hydrogen-bond acceptors (Lipinski definition) is 5. The Morgan fingerprint density at radius 3 is 2.82 bits per heavy atom. The molecule has 0 spiro atoms. The summed E-state index contributed by atoms with van der Waals surface area (Å²) < 4.78 is 10.5. The fraction of sp³-hybridized carbons (Fsp3) is 0.235. The number of hydrogen-bond donors (Lipinski definition) is 1. The number of ether oxygens (including phenoxy) is 1. The zero-order chi connectivity index (χ0) is 15.2. The molecule has 0 unspecified atom stereocenters. The van der Waals surface area contributed by atoms with Gasteiger partial charge in [0, 0.05) is 23.9 Å². The first-order chi connectivity index (χ1) is 10.8. The first kappa shape index (κ1) is 14.8. The Balaban J connectivity index is 1.52. The third-order valence-electron chi connectivity index (χ3n) is 3.33. The van der Waals surface area contributed by atoms with E-state index in [0.29, 0.717) is 0 Å². The Bertz CT molecular complexity index is 690. The molecule has 3 rings (SSSR count). The van der Waals surface area contributed by atoms with Crippen LogP contribution in [0.2, 0.25) is 0 Å². The number of nitrogens with one attached hydrogen (secondary N) is 1. The minimum Gasteiger partial charge on any atom is -0.497 e. The average molecular weight is 314 g/mol. The second kappa shape index (κ2) is 7.24. The Hall–Kier alpha value is -2.11. The normalized spacial score (nSPS) is 10.8. The van der Waals surface area contributed by atoms with Gasteiger partial charge in [-0.3, -0.25) is 0 Å². The van der Waals surface area contributed by atoms with E-state index in [9.17, 15) is 0 Å². The van der Waals surface area contributed by atoms with E-state index in [0.717, 1.165) is 47.3 Å². The lowest BCUT2D eigenvalue weighted by molar-refractivity contribution is 0.415. The predicted molar refractivity (Wildman–Crippen MR) is 88.2 cm³/mol. The van der Waals surface area contributed by atoms with E-state index in [2.05, 4.69) is 15.7 Å². The molecule has 2 heterocycles. The molecule has 0 atom stereocenters. The van der Waals surface area contributed by atoms with E-state index in [-0.39, 0.29) is 0 Å². The molecule has 1 aromatic carbocycles. The van der Waals surface area contributed by atoms with Gasteiger partial charge in [-0.2, -0.15) is 0 Å². The number of thiazole rings is 1. The molecule has 0 aliphatic rings. The largest absolute Gasteiger partial charge is 0.497 e. The summed E-state index contributed by atoms with van der Waals surface area (Å²) >= 11 is 1.70. The lowest BCUT2D eigenvalue weighted by atomic mass is 10.2. The van der Waals surface area contributed by atoms with Crippen molar-refractivity contribution < 1.29 is 9.15 Å². The molecule has 3 aromatic rings. The Kier molecular flexibility index (Phi) is 4.88. The number of rotatable bonds is 7. The Morgan fingerprint density at radius 1 is 1.23 bits per heavy atom. The van der Waals surface area contributed by atoms with Crippen molar-refractivity contribution in [1.82, 2.24) is 10.3 Å². The van der Waals surface area contributed by atoms with E-state index < -0.39 is 0 Å². The van der Waals surface area contributed by atoms with Crippen LogP contribution in [0.1, 0.15) is 10.8 Å². The highest BCUT2D eigenvalue weighted by atomic mass is 32.1. The first-order valence-electron chi connectivity index (χ1n) is 7.17. The molecule has 0 amide bonds. The van der Waals surface area contributed by atoms with Gasteiger partial charge in [-0.25, -0.2) is 4.98 Å². The highest BCUT2D eigenvalue weighted by Crippen LogP contribution is 2.24. The standard InChI is InChI=1S/C17H18N2O2S/c1-20-14-6-4-13(5-7-14)16-12-22-17(19-16)8-9-18-11-15-3-2-10-21-15/h2-7,10,12,18H,8-9,11H2,1H3. The maximum absolute atomic E-state index is 5.28. The molecule has 114 valence electrons. The van der Waals surface area contributed by atoms with E-state index >= 15 is 0 Å². The smallest absolute Gasteiger partial charge is 0.118 e. The second-order valence-corrected chi connectivity index (χ2v) is 5.80. The van der Waals surface area contributed by atoms with Crippen LogP contribution in [0.3, 0.4) is 0 Å². The average Bonchev–Trinajstić information content (AvgIpc) is 3.23. The highest BCUT2D eigenvalue weighted by molar-refractivity contribution is 7.09. The minimum absolute atomic E-state index is 0.754. The Labute approximate surface area is 133 Å². The maximum atomic E-state index is 5.28. The summed E-state index contributed by atoms with van der Waals surface area (Å²) in [7, 11) is 1.67. The van der Waals surface area contributed by atoms with Crippen LogP contribution in [-0.2, 0) is 13.0 Å².